The molecule has 1 fully saturated rings. The van der Waals surface area contributed by atoms with Gasteiger partial charge in [0.25, 0.3) is 0 Å². The zero-order valence-electron chi connectivity index (χ0n) is 15.2. The number of pyridine rings is 1. The van der Waals surface area contributed by atoms with Crippen LogP contribution in [0.25, 0.3) is 10.9 Å². The number of rotatable bonds is 2. The summed E-state index contributed by atoms with van der Waals surface area (Å²) in [5.74, 6) is 0. The number of nitrogens with one attached hydrogen (secondary N) is 1. The van der Waals surface area contributed by atoms with Crippen molar-refractivity contribution < 1.29 is 4.74 Å². The molecule has 0 bridgehead atoms. The van der Waals surface area contributed by atoms with Gasteiger partial charge in [0.2, 0.25) is 0 Å². The van der Waals surface area contributed by atoms with E-state index in [-0.39, 0.29) is 11.0 Å². The Kier molecular flexibility index (Phi) is 3.63. The average molecular weight is 344 g/mol. The molecule has 1 N–H and O–H groups in total. The van der Waals surface area contributed by atoms with Crippen molar-refractivity contribution in [1.29, 1.82) is 0 Å². The van der Waals surface area contributed by atoms with Crippen molar-refractivity contribution in [3.8, 4) is 0 Å². The molecule has 2 aliphatic rings. The van der Waals surface area contributed by atoms with E-state index in [0.717, 1.165) is 37.9 Å². The minimum absolute atomic E-state index is 0.0310. The van der Waals surface area contributed by atoms with Gasteiger partial charge >= 0.3 is 0 Å². The second-order valence-electron chi connectivity index (χ2n) is 7.71. The molecule has 1 aliphatic heterocycles. The van der Waals surface area contributed by atoms with Gasteiger partial charge in [-0.25, -0.2) is 0 Å². The fraction of sp³-hybridized carbons (Fsp3) is 0.348. The maximum atomic E-state index is 6.32. The van der Waals surface area contributed by atoms with Gasteiger partial charge in [-0.1, -0.05) is 48.5 Å². The minimum Gasteiger partial charge on any atom is -0.376 e. The number of para-hydroxylation sites is 1. The molecule has 0 unspecified atom stereocenters. The summed E-state index contributed by atoms with van der Waals surface area (Å²) in [6, 6.07) is 21.7. The number of methoxy groups -OCH3 is 1. The van der Waals surface area contributed by atoms with Gasteiger partial charge in [-0.05, 0) is 36.2 Å². The first-order valence-corrected chi connectivity index (χ1v) is 9.45. The van der Waals surface area contributed by atoms with E-state index in [9.17, 15) is 0 Å². The van der Waals surface area contributed by atoms with Crippen molar-refractivity contribution in [2.24, 2.45) is 0 Å². The van der Waals surface area contributed by atoms with E-state index in [2.05, 4.69) is 66.0 Å². The highest BCUT2D eigenvalue weighted by atomic mass is 16.5. The summed E-state index contributed by atoms with van der Waals surface area (Å²) in [7, 11) is 1.88. The molecule has 1 saturated heterocycles. The molecule has 5 rings (SSSR count). The lowest BCUT2D eigenvalue weighted by Gasteiger charge is -2.56. The molecule has 26 heavy (non-hydrogen) atoms. The molecule has 0 radical (unpaired) electrons. The minimum atomic E-state index is -0.232. The Morgan fingerprint density at radius 3 is 2.65 bits per heavy atom. The summed E-state index contributed by atoms with van der Waals surface area (Å²) >= 11 is 0. The van der Waals surface area contributed by atoms with E-state index >= 15 is 0 Å². The quantitative estimate of drug-likeness (QED) is 0.770. The lowest BCUT2D eigenvalue weighted by Crippen LogP contribution is -2.66. The smallest absolute Gasteiger partial charge is 0.0943 e. The van der Waals surface area contributed by atoms with E-state index in [4.69, 9.17) is 9.72 Å². The largest absolute Gasteiger partial charge is 0.376 e. The average Bonchev–Trinajstić information content (AvgIpc) is 2.71. The molecule has 2 aromatic carbocycles. The fourth-order valence-corrected chi connectivity index (χ4v) is 5.18. The molecular weight excluding hydrogens is 320 g/mol. The van der Waals surface area contributed by atoms with Crippen LogP contribution in [-0.2, 0) is 23.0 Å². The Hall–Kier alpha value is -2.23. The Labute approximate surface area is 154 Å². The summed E-state index contributed by atoms with van der Waals surface area (Å²) in [4.78, 5) is 5.07. The molecule has 0 spiro atoms. The van der Waals surface area contributed by atoms with E-state index in [1.54, 1.807) is 0 Å². The number of nitrogens with zero attached hydrogens (tertiary/aromatic N) is 1. The topological polar surface area (TPSA) is 34.1 Å². The van der Waals surface area contributed by atoms with Gasteiger partial charge in [-0.3, -0.25) is 4.98 Å². The Morgan fingerprint density at radius 1 is 1.00 bits per heavy atom. The van der Waals surface area contributed by atoms with Crippen LogP contribution in [0.1, 0.15) is 23.2 Å². The van der Waals surface area contributed by atoms with Crippen molar-refractivity contribution >= 4 is 10.9 Å². The van der Waals surface area contributed by atoms with Gasteiger partial charge in [0, 0.05) is 43.0 Å². The fourth-order valence-electron chi connectivity index (χ4n) is 5.18. The molecule has 3 nitrogen and oxygen atoms in total. The Morgan fingerprint density at radius 2 is 1.81 bits per heavy atom. The zero-order valence-corrected chi connectivity index (χ0v) is 15.2. The van der Waals surface area contributed by atoms with Crippen LogP contribution in [0.15, 0.2) is 60.7 Å². The van der Waals surface area contributed by atoms with Crippen molar-refractivity contribution in [2.45, 2.75) is 30.3 Å². The van der Waals surface area contributed by atoms with Crippen molar-refractivity contribution in [1.82, 2.24) is 10.3 Å². The summed E-state index contributed by atoms with van der Waals surface area (Å²) < 4.78 is 6.32. The Balaban J connectivity index is 1.73. The third kappa shape index (κ3) is 2.17. The maximum absolute atomic E-state index is 6.32. The van der Waals surface area contributed by atoms with Crippen LogP contribution in [0.4, 0.5) is 0 Å². The first kappa shape index (κ1) is 16.0. The van der Waals surface area contributed by atoms with Crippen molar-refractivity contribution in [3.05, 3.63) is 77.5 Å². The van der Waals surface area contributed by atoms with Crippen LogP contribution in [0.2, 0.25) is 0 Å². The number of ether oxygens (including phenoxy) is 1. The van der Waals surface area contributed by atoms with Gasteiger partial charge in [0.1, 0.15) is 0 Å². The first-order chi connectivity index (χ1) is 12.8. The van der Waals surface area contributed by atoms with Crippen LogP contribution >= 0.6 is 0 Å². The van der Waals surface area contributed by atoms with Crippen LogP contribution < -0.4 is 5.32 Å². The van der Waals surface area contributed by atoms with Gasteiger partial charge in [0.05, 0.1) is 11.1 Å². The number of aromatic nitrogens is 1. The normalized spacial score (nSPS) is 27.7. The van der Waals surface area contributed by atoms with Gasteiger partial charge in [0.15, 0.2) is 0 Å². The SMILES string of the molecule is CO[C@@]12CNCC[C@@]1(c1ccccc1)Cc1nc3ccccc3cc1C2. The standard InChI is InChI=1S/C23H24N2O/c1-26-23-14-18-13-17-7-5-6-10-20(17)25-21(18)15-22(23,11-12-24-16-23)19-8-3-2-4-9-19/h2-10,13,24H,11-12,14-16H2,1H3/t22-,23-/m0/s1. The van der Waals surface area contributed by atoms with E-state index in [1.165, 1.54) is 22.2 Å². The number of hydrogen-bond acceptors (Lipinski definition) is 3. The van der Waals surface area contributed by atoms with Crippen LogP contribution in [0, 0.1) is 0 Å². The maximum Gasteiger partial charge on any atom is 0.0943 e. The highest BCUT2D eigenvalue weighted by Gasteiger charge is 2.57. The lowest BCUT2D eigenvalue weighted by atomic mass is 9.56. The van der Waals surface area contributed by atoms with Gasteiger partial charge < -0.3 is 10.1 Å². The molecule has 132 valence electrons. The Bertz CT molecular complexity index is 955. The molecule has 2 atom stereocenters. The molecule has 3 heteroatoms. The summed E-state index contributed by atoms with van der Waals surface area (Å²) in [6.45, 7) is 1.90. The van der Waals surface area contributed by atoms with Crippen LogP contribution in [0.5, 0.6) is 0 Å². The predicted octanol–water partition coefficient (Wildman–Crippen LogP) is 3.65. The van der Waals surface area contributed by atoms with Gasteiger partial charge in [-0.15, -0.1) is 0 Å². The molecule has 0 saturated carbocycles. The lowest BCUT2D eigenvalue weighted by molar-refractivity contribution is -0.0974. The molecule has 1 aromatic heterocycles. The molecule has 0 amide bonds. The second kappa shape index (κ2) is 5.90. The number of hydrogen-bond donors (Lipinski definition) is 1. The van der Waals surface area contributed by atoms with Crippen LogP contribution in [-0.4, -0.2) is 30.8 Å². The highest BCUT2D eigenvalue weighted by molar-refractivity contribution is 5.79. The highest BCUT2D eigenvalue weighted by Crippen LogP contribution is 2.50. The first-order valence-electron chi connectivity index (χ1n) is 9.45. The number of benzene rings is 2. The van der Waals surface area contributed by atoms with E-state index < -0.39 is 0 Å². The third-order valence-electron chi connectivity index (χ3n) is 6.57. The monoisotopic (exact) mass is 344 g/mol. The van der Waals surface area contributed by atoms with Gasteiger partial charge in [-0.2, -0.15) is 0 Å². The predicted molar refractivity (Wildman–Crippen MR) is 104 cm³/mol. The molecular formula is C23H24N2O. The molecule has 3 aromatic rings. The number of fused-ring (bicyclic) bond motifs is 3. The molecule has 1 aliphatic carbocycles. The zero-order chi connectivity index (χ0) is 17.6. The van der Waals surface area contributed by atoms with Crippen LogP contribution in [0.3, 0.4) is 0 Å². The summed E-state index contributed by atoms with van der Waals surface area (Å²) in [6.07, 6.45) is 2.91. The van der Waals surface area contributed by atoms with E-state index in [0.29, 0.717) is 0 Å². The summed E-state index contributed by atoms with van der Waals surface area (Å²) in [5.41, 5.74) is 4.78. The third-order valence-corrected chi connectivity index (χ3v) is 6.57. The van der Waals surface area contributed by atoms with E-state index in [1.807, 2.05) is 7.11 Å². The summed E-state index contributed by atoms with van der Waals surface area (Å²) in [5, 5.41) is 4.81. The molecule has 2 heterocycles. The number of piperidine rings is 1. The van der Waals surface area contributed by atoms with Crippen molar-refractivity contribution in [2.75, 3.05) is 20.2 Å². The van der Waals surface area contributed by atoms with Crippen molar-refractivity contribution in [3.63, 3.8) is 0 Å². The second-order valence-corrected chi connectivity index (χ2v) is 7.71.